The Balaban J connectivity index is 3.02. The summed E-state index contributed by atoms with van der Waals surface area (Å²) in [5.74, 6) is 0. The lowest BCUT2D eigenvalue weighted by Crippen LogP contribution is -2.15. The van der Waals surface area contributed by atoms with Crippen molar-refractivity contribution in [1.82, 2.24) is 9.78 Å². The predicted molar refractivity (Wildman–Crippen MR) is 60.8 cm³/mol. The van der Waals surface area contributed by atoms with E-state index in [0.29, 0.717) is 12.7 Å². The number of halogens is 1. The lowest BCUT2D eigenvalue weighted by molar-refractivity contribution is -0.114. The molecule has 0 aliphatic heterocycles. The molecule has 1 heterocycles. The minimum atomic E-state index is -0.951. The van der Waals surface area contributed by atoms with Crippen molar-refractivity contribution >= 4 is 22.2 Å². The maximum absolute atomic E-state index is 10.4. The Morgan fingerprint density at radius 3 is 2.73 bits per heavy atom. The number of aldehydes is 1. The Bertz CT molecular complexity index is 349. The highest BCUT2D eigenvalue weighted by molar-refractivity contribution is 9.10. The molecule has 1 unspecified atom stereocenters. The molecule has 1 rings (SSSR count). The van der Waals surface area contributed by atoms with Crippen molar-refractivity contribution in [2.75, 3.05) is 0 Å². The van der Waals surface area contributed by atoms with Gasteiger partial charge in [-0.2, -0.15) is 5.10 Å². The molecule has 4 nitrogen and oxygen atoms in total. The molecule has 0 aliphatic rings. The van der Waals surface area contributed by atoms with Crippen LogP contribution in [-0.4, -0.2) is 27.3 Å². The van der Waals surface area contributed by atoms with Crippen LogP contribution in [-0.2, 0) is 24.2 Å². The average molecular weight is 275 g/mol. The second-order valence-corrected chi connectivity index (χ2v) is 4.08. The molecule has 1 aromatic rings. The van der Waals surface area contributed by atoms with Gasteiger partial charge in [-0.3, -0.25) is 4.68 Å². The van der Waals surface area contributed by atoms with E-state index >= 15 is 0 Å². The third kappa shape index (κ3) is 2.66. The second-order valence-electron chi connectivity index (χ2n) is 3.28. The van der Waals surface area contributed by atoms with Crippen molar-refractivity contribution in [1.29, 1.82) is 0 Å². The molecule has 0 fully saturated rings. The van der Waals surface area contributed by atoms with Gasteiger partial charge in [0.15, 0.2) is 0 Å². The standard InChI is InChI=1S/C10H15BrN2O2/c1-3-8-10(11)9(5-7(15)6-14)13(4-2)12-8/h6-7,15H,3-5H2,1-2H3. The first-order valence-electron chi connectivity index (χ1n) is 5.01. The third-order valence-corrected chi connectivity index (χ3v) is 3.17. The summed E-state index contributed by atoms with van der Waals surface area (Å²) in [6.45, 7) is 4.74. The highest BCUT2D eigenvalue weighted by Crippen LogP contribution is 2.23. The molecule has 0 aromatic carbocycles. The van der Waals surface area contributed by atoms with Crippen molar-refractivity contribution < 1.29 is 9.90 Å². The summed E-state index contributed by atoms with van der Waals surface area (Å²) >= 11 is 3.45. The average Bonchev–Trinajstić information content (AvgIpc) is 2.55. The van der Waals surface area contributed by atoms with Crippen LogP contribution in [0.2, 0.25) is 0 Å². The third-order valence-electron chi connectivity index (χ3n) is 2.25. The lowest BCUT2D eigenvalue weighted by atomic mass is 10.2. The van der Waals surface area contributed by atoms with Gasteiger partial charge in [0.05, 0.1) is 15.9 Å². The van der Waals surface area contributed by atoms with E-state index < -0.39 is 6.10 Å². The Labute approximate surface area is 97.4 Å². The maximum Gasteiger partial charge on any atom is 0.148 e. The van der Waals surface area contributed by atoms with Crippen molar-refractivity contribution in [3.8, 4) is 0 Å². The van der Waals surface area contributed by atoms with Crippen molar-refractivity contribution in [3.05, 3.63) is 15.9 Å². The first-order chi connectivity index (χ1) is 7.13. The fraction of sp³-hybridized carbons (Fsp3) is 0.600. The van der Waals surface area contributed by atoms with E-state index in [9.17, 15) is 9.90 Å². The number of aliphatic hydroxyl groups is 1. The highest BCUT2D eigenvalue weighted by atomic mass is 79.9. The van der Waals surface area contributed by atoms with Gasteiger partial charge in [-0.1, -0.05) is 6.92 Å². The van der Waals surface area contributed by atoms with Gasteiger partial charge in [-0.05, 0) is 29.3 Å². The van der Waals surface area contributed by atoms with E-state index in [4.69, 9.17) is 0 Å². The highest BCUT2D eigenvalue weighted by Gasteiger charge is 2.16. The van der Waals surface area contributed by atoms with E-state index in [-0.39, 0.29) is 0 Å². The number of carbonyl (C=O) groups is 1. The van der Waals surface area contributed by atoms with Gasteiger partial charge in [0.1, 0.15) is 12.4 Å². The number of carbonyl (C=O) groups excluding carboxylic acids is 1. The summed E-state index contributed by atoms with van der Waals surface area (Å²) in [6.07, 6.45) is 0.737. The number of nitrogens with zero attached hydrogens (tertiary/aromatic N) is 2. The molecular weight excluding hydrogens is 260 g/mol. The van der Waals surface area contributed by atoms with Crippen LogP contribution >= 0.6 is 15.9 Å². The number of aromatic nitrogens is 2. The molecule has 0 radical (unpaired) electrons. The lowest BCUT2D eigenvalue weighted by Gasteiger charge is -2.06. The van der Waals surface area contributed by atoms with Crippen LogP contribution in [0.3, 0.4) is 0 Å². The Hall–Kier alpha value is -0.680. The van der Waals surface area contributed by atoms with Crippen molar-refractivity contribution in [3.63, 3.8) is 0 Å². The molecule has 15 heavy (non-hydrogen) atoms. The van der Waals surface area contributed by atoms with Crippen LogP contribution in [0.4, 0.5) is 0 Å². The molecule has 0 spiro atoms. The van der Waals surface area contributed by atoms with E-state index in [1.807, 2.05) is 18.5 Å². The van der Waals surface area contributed by atoms with Gasteiger partial charge in [-0.15, -0.1) is 0 Å². The molecule has 1 atom stereocenters. The molecule has 0 saturated heterocycles. The summed E-state index contributed by atoms with van der Waals surface area (Å²) in [4.78, 5) is 10.4. The molecular formula is C10H15BrN2O2. The van der Waals surface area contributed by atoms with Crippen LogP contribution in [0.1, 0.15) is 25.2 Å². The van der Waals surface area contributed by atoms with E-state index in [1.165, 1.54) is 0 Å². The molecule has 0 aliphatic carbocycles. The number of aryl methyl sites for hydroxylation is 2. The summed E-state index contributed by atoms with van der Waals surface area (Å²) in [7, 11) is 0. The quantitative estimate of drug-likeness (QED) is 0.825. The van der Waals surface area contributed by atoms with Gasteiger partial charge in [0, 0.05) is 13.0 Å². The molecule has 0 bridgehead atoms. The van der Waals surface area contributed by atoms with Gasteiger partial charge in [-0.25, -0.2) is 0 Å². The fourth-order valence-electron chi connectivity index (χ4n) is 1.46. The van der Waals surface area contributed by atoms with Gasteiger partial charge >= 0.3 is 0 Å². The van der Waals surface area contributed by atoms with Gasteiger partial charge in [0.2, 0.25) is 0 Å². The molecule has 84 valence electrons. The summed E-state index contributed by atoms with van der Waals surface area (Å²) in [6, 6.07) is 0. The maximum atomic E-state index is 10.4. The largest absolute Gasteiger partial charge is 0.385 e. The predicted octanol–water partition coefficient (Wildman–Crippen LogP) is 1.33. The Morgan fingerprint density at radius 2 is 2.27 bits per heavy atom. The molecule has 1 aromatic heterocycles. The summed E-state index contributed by atoms with van der Waals surface area (Å²) < 4.78 is 2.73. The normalized spacial score (nSPS) is 12.8. The SMILES string of the molecule is CCc1nn(CC)c(CC(O)C=O)c1Br. The number of aliphatic hydroxyl groups excluding tert-OH is 1. The van der Waals surface area contributed by atoms with E-state index in [2.05, 4.69) is 21.0 Å². The molecule has 5 heteroatoms. The van der Waals surface area contributed by atoms with Gasteiger partial charge < -0.3 is 9.90 Å². The minimum absolute atomic E-state index is 0.310. The zero-order valence-corrected chi connectivity index (χ0v) is 10.5. The van der Waals surface area contributed by atoms with Crippen LogP contribution in [0.15, 0.2) is 4.47 Å². The zero-order chi connectivity index (χ0) is 11.4. The van der Waals surface area contributed by atoms with Crippen LogP contribution in [0.25, 0.3) is 0 Å². The van der Waals surface area contributed by atoms with Crippen molar-refractivity contribution in [2.24, 2.45) is 0 Å². The van der Waals surface area contributed by atoms with Crippen molar-refractivity contribution in [2.45, 2.75) is 39.3 Å². The first kappa shape index (κ1) is 12.4. The zero-order valence-electron chi connectivity index (χ0n) is 8.90. The Morgan fingerprint density at radius 1 is 1.60 bits per heavy atom. The topological polar surface area (TPSA) is 55.1 Å². The molecule has 0 saturated carbocycles. The summed E-state index contributed by atoms with van der Waals surface area (Å²) in [5, 5.41) is 13.7. The number of hydrogen-bond donors (Lipinski definition) is 1. The van der Waals surface area contributed by atoms with E-state index in [1.54, 1.807) is 0 Å². The van der Waals surface area contributed by atoms with E-state index in [0.717, 1.165) is 28.8 Å². The first-order valence-corrected chi connectivity index (χ1v) is 5.80. The minimum Gasteiger partial charge on any atom is -0.385 e. The van der Waals surface area contributed by atoms with Crippen LogP contribution in [0.5, 0.6) is 0 Å². The fourth-order valence-corrected chi connectivity index (χ4v) is 2.18. The summed E-state index contributed by atoms with van der Waals surface area (Å²) in [5.41, 5.74) is 1.85. The molecule has 0 amide bonds. The smallest absolute Gasteiger partial charge is 0.148 e. The monoisotopic (exact) mass is 274 g/mol. The molecule has 1 N–H and O–H groups in total. The van der Waals surface area contributed by atoms with Gasteiger partial charge in [0.25, 0.3) is 0 Å². The number of rotatable bonds is 5. The second kappa shape index (κ2) is 5.42. The number of hydrogen-bond acceptors (Lipinski definition) is 3. The Kier molecular flexibility index (Phi) is 4.47. The van der Waals surface area contributed by atoms with Crippen LogP contribution < -0.4 is 0 Å². The van der Waals surface area contributed by atoms with Crippen LogP contribution in [0, 0.1) is 0 Å².